The van der Waals surface area contributed by atoms with Crippen molar-refractivity contribution in [1.29, 1.82) is 0 Å². The average Bonchev–Trinajstić information content (AvgIpc) is 3.63. The number of hydrogen-bond acceptors (Lipinski definition) is 14. The molecule has 0 aromatic carbocycles. The highest BCUT2D eigenvalue weighted by molar-refractivity contribution is 5.76. The second-order valence-electron chi connectivity index (χ2n) is 16.2. The maximum Gasteiger partial charge on any atom is 0.310 e. The smallest absolute Gasteiger partial charge is 0.310 e. The molecule has 8 N–H and O–H groups in total. The number of ether oxygens (including phenoxy) is 5. The standard InChI is InChI=1S/C35H54O14/c1-33-8-5-18(46-32-29(43)30(26(40)23(14-37)48-32)49-31-28(42)27(41)25(39)22(13-36)47-31)12-17(33)3-4-21-20(33)6-9-34(2)19(7-10-35(21,34)44)16-11-24(38)45-15-16/h17-18,20-23,25-32,36-37,39-44H,3-15H2,1-2H3/b19-16+/t17-,18-,20+,21-,22+,23-,25+,26-,27+,28-,29-,30+,31-,32-,33+,34-,35-/m0/s1. The van der Waals surface area contributed by atoms with E-state index in [0.717, 1.165) is 44.1 Å². The predicted molar refractivity (Wildman–Crippen MR) is 167 cm³/mol. The molecular weight excluding hydrogens is 644 g/mol. The third kappa shape index (κ3) is 5.73. The normalized spacial score (nSPS) is 54.6. The van der Waals surface area contributed by atoms with Crippen LogP contribution in [0.25, 0.3) is 0 Å². The Labute approximate surface area is 285 Å². The average molecular weight is 699 g/mol. The first-order chi connectivity index (χ1) is 23.3. The summed E-state index contributed by atoms with van der Waals surface area (Å²) < 4.78 is 28.7. The molecule has 0 aromatic rings. The molecule has 7 aliphatic rings. The van der Waals surface area contributed by atoms with E-state index in [1.54, 1.807) is 0 Å². The van der Waals surface area contributed by atoms with E-state index in [9.17, 15) is 45.6 Å². The van der Waals surface area contributed by atoms with Gasteiger partial charge in [0.1, 0.15) is 55.4 Å². The van der Waals surface area contributed by atoms with Crippen LogP contribution in [0.2, 0.25) is 0 Å². The van der Waals surface area contributed by atoms with Crippen LogP contribution in [0.3, 0.4) is 0 Å². The Hall–Kier alpha value is -1.27. The van der Waals surface area contributed by atoms with Crippen molar-refractivity contribution >= 4 is 5.97 Å². The molecule has 7 fully saturated rings. The molecule has 3 aliphatic heterocycles. The van der Waals surface area contributed by atoms with Crippen molar-refractivity contribution in [3.8, 4) is 0 Å². The number of fused-ring (bicyclic) bond motifs is 5. The van der Waals surface area contributed by atoms with Crippen molar-refractivity contribution in [1.82, 2.24) is 0 Å². The molecule has 14 heteroatoms. The third-order valence-corrected chi connectivity index (χ3v) is 14.1. The molecule has 0 aromatic heterocycles. The van der Waals surface area contributed by atoms with E-state index in [1.807, 2.05) is 0 Å². The SMILES string of the molecule is C[C@@]12CC[C@H](O[C@H]3O[C@@H](CO)[C@H](O)[C@@H](O[C@@H]4O[C@H](CO)[C@@H](O)[C@@H](O)[C@@H]4O)[C@@H]3O)C[C@@H]1CC[C@H]1[C@H]2CC[C@@]2(C)/C(=C3/COC(=O)C3)CC[C@]12O. The van der Waals surface area contributed by atoms with Gasteiger partial charge in [0.15, 0.2) is 12.6 Å². The summed E-state index contributed by atoms with van der Waals surface area (Å²) in [7, 11) is 0. The Morgan fingerprint density at radius 2 is 1.47 bits per heavy atom. The van der Waals surface area contributed by atoms with Gasteiger partial charge < -0.3 is 64.5 Å². The largest absolute Gasteiger partial charge is 0.461 e. The molecule has 278 valence electrons. The van der Waals surface area contributed by atoms with Crippen LogP contribution in [0.15, 0.2) is 11.1 Å². The molecule has 0 spiro atoms. The van der Waals surface area contributed by atoms with E-state index >= 15 is 0 Å². The van der Waals surface area contributed by atoms with Gasteiger partial charge in [-0.25, -0.2) is 0 Å². The summed E-state index contributed by atoms with van der Waals surface area (Å²) in [5, 5.41) is 85.1. The summed E-state index contributed by atoms with van der Waals surface area (Å²) in [4.78, 5) is 11.9. The van der Waals surface area contributed by atoms with Gasteiger partial charge in [-0.2, -0.15) is 0 Å². The molecule has 0 bridgehead atoms. The molecular formula is C35H54O14. The number of carbonyl (C=O) groups excluding carboxylic acids is 1. The number of rotatable bonds is 6. The summed E-state index contributed by atoms with van der Waals surface area (Å²) >= 11 is 0. The van der Waals surface area contributed by atoms with Gasteiger partial charge >= 0.3 is 5.97 Å². The van der Waals surface area contributed by atoms with Crippen LogP contribution < -0.4 is 0 Å². The Kier molecular flexibility index (Phi) is 9.80. The lowest BCUT2D eigenvalue weighted by atomic mass is 9.43. The van der Waals surface area contributed by atoms with E-state index in [0.29, 0.717) is 44.1 Å². The van der Waals surface area contributed by atoms with Crippen LogP contribution in [0.5, 0.6) is 0 Å². The Morgan fingerprint density at radius 3 is 2.14 bits per heavy atom. The van der Waals surface area contributed by atoms with E-state index in [2.05, 4.69) is 13.8 Å². The molecule has 17 atom stereocenters. The van der Waals surface area contributed by atoms with Crippen molar-refractivity contribution in [3.63, 3.8) is 0 Å². The summed E-state index contributed by atoms with van der Waals surface area (Å²) in [5.41, 5.74) is 1.07. The zero-order chi connectivity index (χ0) is 35.0. The first-order valence-electron chi connectivity index (χ1n) is 18.1. The quantitative estimate of drug-likeness (QED) is 0.0986. The number of aliphatic hydroxyl groups excluding tert-OH is 7. The summed E-state index contributed by atoms with van der Waals surface area (Å²) in [5.74, 6) is 0.601. The Morgan fingerprint density at radius 1 is 0.776 bits per heavy atom. The minimum atomic E-state index is -1.75. The highest BCUT2D eigenvalue weighted by atomic mass is 16.7. The van der Waals surface area contributed by atoms with Crippen molar-refractivity contribution in [2.24, 2.45) is 28.6 Å². The lowest BCUT2D eigenvalue weighted by Crippen LogP contribution is -2.65. The first kappa shape index (κ1) is 36.1. The van der Waals surface area contributed by atoms with Gasteiger partial charge in [0.05, 0.1) is 31.3 Å². The Bertz CT molecular complexity index is 1280. The van der Waals surface area contributed by atoms with Gasteiger partial charge in [0.25, 0.3) is 0 Å². The first-order valence-corrected chi connectivity index (χ1v) is 18.1. The van der Waals surface area contributed by atoms with Gasteiger partial charge in [-0.05, 0) is 86.5 Å². The van der Waals surface area contributed by atoms with Crippen LogP contribution in [0.1, 0.15) is 78.1 Å². The van der Waals surface area contributed by atoms with E-state index in [1.165, 1.54) is 5.57 Å². The van der Waals surface area contributed by atoms with Crippen molar-refractivity contribution < 1.29 is 69.3 Å². The lowest BCUT2D eigenvalue weighted by Gasteiger charge is -2.63. The molecule has 14 nitrogen and oxygen atoms in total. The highest BCUT2D eigenvalue weighted by Gasteiger charge is 2.66. The topological polar surface area (TPSA) is 225 Å². The summed E-state index contributed by atoms with van der Waals surface area (Å²) in [6, 6.07) is 0. The fourth-order valence-electron chi connectivity index (χ4n) is 11.2. The minimum absolute atomic E-state index is 0.0210. The number of carbonyl (C=O) groups is 1. The monoisotopic (exact) mass is 698 g/mol. The van der Waals surface area contributed by atoms with Crippen molar-refractivity contribution in [2.45, 2.75) is 151 Å². The maximum absolute atomic E-state index is 12.5. The number of hydrogen-bond donors (Lipinski definition) is 8. The van der Waals surface area contributed by atoms with Gasteiger partial charge in [0, 0.05) is 5.41 Å². The van der Waals surface area contributed by atoms with Gasteiger partial charge in [-0.1, -0.05) is 19.4 Å². The van der Waals surface area contributed by atoms with Crippen LogP contribution in [0, 0.1) is 28.6 Å². The van der Waals surface area contributed by atoms with Crippen molar-refractivity contribution in [2.75, 3.05) is 19.8 Å². The van der Waals surface area contributed by atoms with Gasteiger partial charge in [0.2, 0.25) is 0 Å². The Balaban J connectivity index is 1.03. The highest BCUT2D eigenvalue weighted by Crippen LogP contribution is 2.69. The van der Waals surface area contributed by atoms with Crippen LogP contribution in [-0.4, -0.2) is 140 Å². The zero-order valence-corrected chi connectivity index (χ0v) is 28.3. The maximum atomic E-state index is 12.5. The van der Waals surface area contributed by atoms with Gasteiger partial charge in [-0.15, -0.1) is 0 Å². The molecule has 3 heterocycles. The molecule has 49 heavy (non-hydrogen) atoms. The van der Waals surface area contributed by atoms with E-state index < -0.39 is 80.2 Å². The summed E-state index contributed by atoms with van der Waals surface area (Å²) in [6.07, 6.45) is -7.54. The minimum Gasteiger partial charge on any atom is -0.461 e. The van der Waals surface area contributed by atoms with E-state index in [4.69, 9.17) is 23.7 Å². The molecule has 4 aliphatic carbocycles. The third-order valence-electron chi connectivity index (χ3n) is 14.1. The fraction of sp³-hybridized carbons (Fsp3) is 0.914. The van der Waals surface area contributed by atoms with Crippen LogP contribution in [0.4, 0.5) is 0 Å². The van der Waals surface area contributed by atoms with Gasteiger partial charge in [-0.3, -0.25) is 4.79 Å². The lowest BCUT2D eigenvalue weighted by molar-refractivity contribution is -0.365. The molecule has 0 radical (unpaired) electrons. The molecule has 0 unspecified atom stereocenters. The van der Waals surface area contributed by atoms with Crippen LogP contribution in [-0.2, 0) is 28.5 Å². The second kappa shape index (κ2) is 13.3. The fourth-order valence-corrected chi connectivity index (χ4v) is 11.2. The van der Waals surface area contributed by atoms with E-state index in [-0.39, 0.29) is 28.8 Å². The molecule has 0 amide bonds. The molecule has 7 rings (SSSR count). The molecule has 4 saturated carbocycles. The predicted octanol–water partition coefficient (Wildman–Crippen LogP) is -0.603. The number of cyclic esters (lactones) is 1. The van der Waals surface area contributed by atoms with Crippen LogP contribution >= 0.6 is 0 Å². The summed E-state index contributed by atoms with van der Waals surface area (Å²) in [6.45, 7) is 3.60. The molecule has 3 saturated heterocycles. The second-order valence-corrected chi connectivity index (χ2v) is 16.2. The number of esters is 1. The zero-order valence-electron chi connectivity index (χ0n) is 28.3. The number of aliphatic hydroxyl groups is 8. The van der Waals surface area contributed by atoms with Crippen molar-refractivity contribution in [3.05, 3.63) is 11.1 Å².